The van der Waals surface area contributed by atoms with Crippen molar-refractivity contribution >= 4 is 24.3 Å². The Morgan fingerprint density at radius 3 is 2.35 bits per heavy atom. The Kier molecular flexibility index (Phi) is 6.80. The molecular formula is C9H19O9SSe. The summed E-state index contributed by atoms with van der Waals surface area (Å²) in [4.78, 5) is -0.537. The molecule has 9 nitrogen and oxygen atoms in total. The second-order valence-electron chi connectivity index (χ2n) is 4.46. The molecule has 1 aliphatic rings. The first-order chi connectivity index (χ1) is 9.19. The van der Waals surface area contributed by atoms with Crippen molar-refractivity contribution in [2.24, 2.45) is 0 Å². The van der Waals surface area contributed by atoms with Crippen LogP contribution in [0.1, 0.15) is 0 Å². The fourth-order valence-electron chi connectivity index (χ4n) is 1.99. The van der Waals surface area contributed by atoms with Crippen LogP contribution in [0.25, 0.3) is 0 Å². The molecule has 1 fully saturated rings. The summed E-state index contributed by atoms with van der Waals surface area (Å²) in [6, 6.07) is 0. The van der Waals surface area contributed by atoms with Gasteiger partial charge in [0, 0.05) is 0 Å². The van der Waals surface area contributed by atoms with Gasteiger partial charge in [0.25, 0.3) is 0 Å². The van der Waals surface area contributed by atoms with Crippen LogP contribution < -0.4 is 0 Å². The number of hydrogen-bond donors (Lipinski definition) is 6. The van der Waals surface area contributed by atoms with Gasteiger partial charge in [-0.2, -0.15) is 0 Å². The van der Waals surface area contributed by atoms with Crippen LogP contribution in [0.2, 0.25) is 15.5 Å². The van der Waals surface area contributed by atoms with Crippen molar-refractivity contribution in [3.63, 3.8) is 0 Å². The molecule has 0 bridgehead atoms. The number of hydrogen-bond acceptors (Lipinski definition) is 8. The molecule has 1 heterocycles. The topological polar surface area (TPSA) is 165 Å². The number of aliphatic hydroxyl groups is 5. The molecule has 6 N–H and O–H groups in total. The van der Waals surface area contributed by atoms with E-state index in [1.54, 1.807) is 0 Å². The van der Waals surface area contributed by atoms with Gasteiger partial charge in [-0.05, 0) is 0 Å². The molecule has 0 spiro atoms. The minimum atomic E-state index is -4.81. The normalized spacial score (nSPS) is 31.4. The van der Waals surface area contributed by atoms with Crippen LogP contribution in [0.5, 0.6) is 0 Å². The molecule has 0 aromatic rings. The number of rotatable bonds is 7. The van der Waals surface area contributed by atoms with Crippen LogP contribution in [-0.2, 0) is 14.6 Å². The van der Waals surface area contributed by atoms with Crippen LogP contribution in [0, 0.1) is 0 Å². The molecule has 1 rings (SSSR count). The predicted octanol–water partition coefficient (Wildman–Crippen LogP) is -2.88. The Balaban J connectivity index is 2.66. The summed E-state index contributed by atoms with van der Waals surface area (Å²) >= 11 is -1.82. The van der Waals surface area contributed by atoms with Crippen molar-refractivity contribution in [3.8, 4) is 0 Å². The van der Waals surface area contributed by atoms with Crippen LogP contribution in [0.3, 0.4) is 0 Å². The third-order valence-electron chi connectivity index (χ3n) is 3.01. The SMILES string of the molecule is O=S(=O)(O)OC(CO)[C@H](O)C[Se]1C[C@@H](O)[C@H](O)[C@H]1CO. The zero-order chi connectivity index (χ0) is 15.5. The van der Waals surface area contributed by atoms with Gasteiger partial charge < -0.3 is 0 Å². The van der Waals surface area contributed by atoms with Crippen LogP contribution >= 0.6 is 0 Å². The van der Waals surface area contributed by atoms with E-state index in [0.717, 1.165) is 0 Å². The van der Waals surface area contributed by atoms with Crippen molar-refractivity contribution in [1.29, 1.82) is 0 Å². The van der Waals surface area contributed by atoms with E-state index in [9.17, 15) is 28.8 Å². The Hall–Kier alpha value is 0.189. The van der Waals surface area contributed by atoms with Crippen molar-refractivity contribution in [3.05, 3.63) is 0 Å². The first-order valence-electron chi connectivity index (χ1n) is 5.77. The average molecular weight is 382 g/mol. The third kappa shape index (κ3) is 4.88. The molecule has 5 atom stereocenters. The van der Waals surface area contributed by atoms with Gasteiger partial charge in [0.1, 0.15) is 0 Å². The summed E-state index contributed by atoms with van der Waals surface area (Å²) in [5.74, 6) is 0. The van der Waals surface area contributed by atoms with E-state index in [0.29, 0.717) is 0 Å². The van der Waals surface area contributed by atoms with Gasteiger partial charge in [-0.1, -0.05) is 0 Å². The van der Waals surface area contributed by atoms with E-state index in [2.05, 4.69) is 4.18 Å². The predicted molar refractivity (Wildman–Crippen MR) is 67.7 cm³/mol. The zero-order valence-electron chi connectivity index (χ0n) is 10.4. The number of aliphatic hydroxyl groups excluding tert-OH is 5. The summed E-state index contributed by atoms with van der Waals surface area (Å²) in [5.41, 5.74) is 0. The third-order valence-corrected chi connectivity index (χ3v) is 9.42. The second-order valence-corrected chi connectivity index (χ2v) is 10.4. The molecule has 1 radical (unpaired) electrons. The first kappa shape index (κ1) is 18.2. The maximum absolute atomic E-state index is 10.6. The summed E-state index contributed by atoms with van der Waals surface area (Å²) in [6.07, 6.45) is -4.98. The Morgan fingerprint density at radius 1 is 1.30 bits per heavy atom. The molecule has 0 aromatic heterocycles. The van der Waals surface area contributed by atoms with Crippen LogP contribution in [0.4, 0.5) is 0 Å². The Labute approximate surface area is 120 Å². The molecule has 1 unspecified atom stereocenters. The average Bonchev–Trinajstić information content (AvgIpc) is 2.60. The summed E-state index contributed by atoms with van der Waals surface area (Å²) in [5, 5.41) is 47.4. The summed E-state index contributed by atoms with van der Waals surface area (Å²) < 4.78 is 33.8. The fourth-order valence-corrected chi connectivity index (χ4v) is 8.17. The van der Waals surface area contributed by atoms with E-state index < -0.39 is 60.1 Å². The maximum atomic E-state index is 10.6. The van der Waals surface area contributed by atoms with Gasteiger partial charge in [0.05, 0.1) is 0 Å². The summed E-state index contributed by atoms with van der Waals surface area (Å²) in [7, 11) is -4.81. The molecule has 0 aliphatic carbocycles. The van der Waals surface area contributed by atoms with E-state index in [-0.39, 0.29) is 17.2 Å². The molecule has 0 amide bonds. The Bertz CT molecular complexity index is 402. The standard InChI is InChI=1S/C9H19O9SSe/c10-1-7(18-19(15,16)17)5(12)3-20-4-6(13)9(14)8(20)2-11/h5-14H,1-4H2,(H,15,16,17)/t5-,6-,7?,8-,9+/m1/s1. The van der Waals surface area contributed by atoms with Crippen molar-refractivity contribution in [1.82, 2.24) is 0 Å². The Morgan fingerprint density at radius 2 is 1.90 bits per heavy atom. The fraction of sp³-hybridized carbons (Fsp3) is 1.00. The van der Waals surface area contributed by atoms with Gasteiger partial charge in [-0.15, -0.1) is 0 Å². The first-order valence-corrected chi connectivity index (χ1v) is 10.5. The van der Waals surface area contributed by atoms with E-state index in [1.807, 2.05) is 0 Å². The van der Waals surface area contributed by atoms with E-state index in [4.69, 9.17) is 9.66 Å². The van der Waals surface area contributed by atoms with Crippen LogP contribution in [-0.4, -0.2) is 90.0 Å². The minimum absolute atomic E-state index is 0.0140. The van der Waals surface area contributed by atoms with E-state index >= 15 is 0 Å². The van der Waals surface area contributed by atoms with Crippen molar-refractivity contribution in [2.45, 2.75) is 39.9 Å². The molecular weight excluding hydrogens is 363 g/mol. The molecule has 0 saturated carbocycles. The zero-order valence-corrected chi connectivity index (χ0v) is 13.0. The molecule has 0 aromatic carbocycles. The van der Waals surface area contributed by atoms with Gasteiger partial charge >= 0.3 is 120 Å². The monoisotopic (exact) mass is 383 g/mol. The van der Waals surface area contributed by atoms with Gasteiger partial charge in [0.15, 0.2) is 0 Å². The molecule has 121 valence electrons. The summed E-state index contributed by atoms with van der Waals surface area (Å²) in [6.45, 7) is -1.17. The van der Waals surface area contributed by atoms with Crippen molar-refractivity contribution in [2.75, 3.05) is 13.2 Å². The molecule has 20 heavy (non-hydrogen) atoms. The van der Waals surface area contributed by atoms with Gasteiger partial charge in [-0.25, -0.2) is 0 Å². The second kappa shape index (κ2) is 7.45. The van der Waals surface area contributed by atoms with Gasteiger partial charge in [-0.3, -0.25) is 0 Å². The molecule has 11 heteroatoms. The van der Waals surface area contributed by atoms with Crippen LogP contribution in [0.15, 0.2) is 0 Å². The van der Waals surface area contributed by atoms with Gasteiger partial charge in [0.2, 0.25) is 0 Å². The van der Waals surface area contributed by atoms with Crippen molar-refractivity contribution < 1.29 is 42.7 Å². The van der Waals surface area contributed by atoms with E-state index in [1.165, 1.54) is 0 Å². The molecule has 1 saturated heterocycles. The molecule has 1 aliphatic heterocycles. The quantitative estimate of drug-likeness (QED) is 0.200.